The summed E-state index contributed by atoms with van der Waals surface area (Å²) in [6.45, 7) is 3.76. The van der Waals surface area contributed by atoms with E-state index in [1.165, 1.54) is 49.2 Å². The maximum absolute atomic E-state index is 5.92. The Bertz CT molecular complexity index is 539. The summed E-state index contributed by atoms with van der Waals surface area (Å²) in [7, 11) is 0. The molecule has 0 bridgehead atoms. The number of likely N-dealkylation sites (tertiary alicyclic amines) is 1. The minimum absolute atomic E-state index is 0.788. The average molecular weight is 286 g/mol. The first-order chi connectivity index (χ1) is 9.81. The molecule has 0 amide bonds. The standard InChI is InChI=1S/C18H20ClN/c19-18-9-7-17(8-10-18)16-5-3-15(4-6-16)11-14-20-12-1-2-13-20/h3-10H,1-2,11-14H2. The summed E-state index contributed by atoms with van der Waals surface area (Å²) in [5.41, 5.74) is 3.90. The largest absolute Gasteiger partial charge is 0.303 e. The second kappa shape index (κ2) is 6.43. The predicted molar refractivity (Wildman–Crippen MR) is 86.3 cm³/mol. The van der Waals surface area contributed by atoms with E-state index in [9.17, 15) is 0 Å². The van der Waals surface area contributed by atoms with Crippen molar-refractivity contribution >= 4 is 11.6 Å². The highest BCUT2D eigenvalue weighted by molar-refractivity contribution is 6.30. The lowest BCUT2D eigenvalue weighted by molar-refractivity contribution is 0.343. The molecule has 1 aliphatic heterocycles. The van der Waals surface area contributed by atoms with Gasteiger partial charge < -0.3 is 4.90 Å². The molecule has 3 rings (SSSR count). The van der Waals surface area contributed by atoms with E-state index in [1.807, 2.05) is 12.1 Å². The summed E-state index contributed by atoms with van der Waals surface area (Å²) >= 11 is 5.92. The Hall–Kier alpha value is -1.31. The molecule has 0 aliphatic carbocycles. The lowest BCUT2D eigenvalue weighted by Crippen LogP contribution is -2.21. The SMILES string of the molecule is Clc1ccc(-c2ccc(CCN3CCCC3)cc2)cc1. The summed E-state index contributed by atoms with van der Waals surface area (Å²) in [4.78, 5) is 2.56. The molecule has 104 valence electrons. The Labute approximate surface area is 126 Å². The number of halogens is 1. The zero-order valence-electron chi connectivity index (χ0n) is 11.7. The predicted octanol–water partition coefficient (Wildman–Crippen LogP) is 4.65. The van der Waals surface area contributed by atoms with E-state index in [2.05, 4.69) is 41.3 Å². The van der Waals surface area contributed by atoms with Gasteiger partial charge in [-0.15, -0.1) is 0 Å². The highest BCUT2D eigenvalue weighted by Gasteiger charge is 2.10. The van der Waals surface area contributed by atoms with E-state index in [1.54, 1.807) is 0 Å². The van der Waals surface area contributed by atoms with Crippen molar-refractivity contribution in [3.8, 4) is 11.1 Å². The molecule has 0 unspecified atom stereocenters. The van der Waals surface area contributed by atoms with Crippen LogP contribution in [0, 0.1) is 0 Å². The number of hydrogen-bond acceptors (Lipinski definition) is 1. The molecule has 2 aromatic carbocycles. The first-order valence-corrected chi connectivity index (χ1v) is 7.76. The normalized spacial score (nSPS) is 15.7. The van der Waals surface area contributed by atoms with Gasteiger partial charge >= 0.3 is 0 Å². The van der Waals surface area contributed by atoms with Crippen molar-refractivity contribution in [2.75, 3.05) is 19.6 Å². The number of nitrogens with zero attached hydrogens (tertiary/aromatic N) is 1. The maximum atomic E-state index is 5.92. The molecular weight excluding hydrogens is 266 g/mol. The molecule has 1 nitrogen and oxygen atoms in total. The summed E-state index contributed by atoms with van der Waals surface area (Å²) < 4.78 is 0. The van der Waals surface area contributed by atoms with Gasteiger partial charge in [-0.05, 0) is 61.2 Å². The second-order valence-electron chi connectivity index (χ2n) is 5.50. The van der Waals surface area contributed by atoms with Gasteiger partial charge in [0.2, 0.25) is 0 Å². The number of benzene rings is 2. The van der Waals surface area contributed by atoms with Gasteiger partial charge in [0.1, 0.15) is 0 Å². The van der Waals surface area contributed by atoms with Gasteiger partial charge in [0.05, 0.1) is 0 Å². The molecule has 1 aliphatic rings. The maximum Gasteiger partial charge on any atom is 0.0406 e. The van der Waals surface area contributed by atoms with Crippen LogP contribution in [0.15, 0.2) is 48.5 Å². The van der Waals surface area contributed by atoms with Crippen LogP contribution in [0.1, 0.15) is 18.4 Å². The van der Waals surface area contributed by atoms with Crippen LogP contribution in [-0.4, -0.2) is 24.5 Å². The van der Waals surface area contributed by atoms with Crippen molar-refractivity contribution in [3.05, 3.63) is 59.1 Å². The Morgan fingerprint density at radius 3 is 1.95 bits per heavy atom. The zero-order valence-corrected chi connectivity index (χ0v) is 12.4. The Morgan fingerprint density at radius 1 is 0.800 bits per heavy atom. The molecule has 0 atom stereocenters. The molecule has 1 heterocycles. The van der Waals surface area contributed by atoms with Crippen LogP contribution < -0.4 is 0 Å². The average Bonchev–Trinajstić information content (AvgIpc) is 3.00. The van der Waals surface area contributed by atoms with Gasteiger partial charge in [-0.2, -0.15) is 0 Å². The highest BCUT2D eigenvalue weighted by Crippen LogP contribution is 2.22. The van der Waals surface area contributed by atoms with Crippen molar-refractivity contribution in [3.63, 3.8) is 0 Å². The van der Waals surface area contributed by atoms with Gasteiger partial charge in [-0.3, -0.25) is 0 Å². The quantitative estimate of drug-likeness (QED) is 0.791. The second-order valence-corrected chi connectivity index (χ2v) is 5.94. The lowest BCUT2D eigenvalue weighted by Gasteiger charge is -2.14. The molecule has 0 aromatic heterocycles. The summed E-state index contributed by atoms with van der Waals surface area (Å²) in [5.74, 6) is 0. The van der Waals surface area contributed by atoms with Crippen LogP contribution in [0.5, 0.6) is 0 Å². The smallest absolute Gasteiger partial charge is 0.0406 e. The van der Waals surface area contributed by atoms with Gasteiger partial charge in [0.25, 0.3) is 0 Å². The fraction of sp³-hybridized carbons (Fsp3) is 0.333. The van der Waals surface area contributed by atoms with Crippen molar-refractivity contribution in [2.45, 2.75) is 19.3 Å². The van der Waals surface area contributed by atoms with Crippen LogP contribution in [0.3, 0.4) is 0 Å². The fourth-order valence-corrected chi connectivity index (χ4v) is 2.93. The van der Waals surface area contributed by atoms with Crippen LogP contribution in [-0.2, 0) is 6.42 Å². The molecule has 0 radical (unpaired) electrons. The fourth-order valence-electron chi connectivity index (χ4n) is 2.80. The molecular formula is C18H20ClN. The van der Waals surface area contributed by atoms with E-state index in [0.717, 1.165) is 11.4 Å². The summed E-state index contributed by atoms with van der Waals surface area (Å²) in [6, 6.07) is 16.9. The molecule has 1 fully saturated rings. The first-order valence-electron chi connectivity index (χ1n) is 7.38. The minimum atomic E-state index is 0.788. The van der Waals surface area contributed by atoms with E-state index >= 15 is 0 Å². The van der Waals surface area contributed by atoms with E-state index in [-0.39, 0.29) is 0 Å². The van der Waals surface area contributed by atoms with E-state index in [4.69, 9.17) is 11.6 Å². The van der Waals surface area contributed by atoms with Crippen LogP contribution in [0.25, 0.3) is 11.1 Å². The van der Waals surface area contributed by atoms with Crippen LogP contribution >= 0.6 is 11.6 Å². The van der Waals surface area contributed by atoms with Gasteiger partial charge in [0.15, 0.2) is 0 Å². The molecule has 2 heteroatoms. The van der Waals surface area contributed by atoms with Crippen molar-refractivity contribution in [1.29, 1.82) is 0 Å². The van der Waals surface area contributed by atoms with E-state index in [0.29, 0.717) is 0 Å². The van der Waals surface area contributed by atoms with Crippen molar-refractivity contribution in [2.24, 2.45) is 0 Å². The topological polar surface area (TPSA) is 3.24 Å². The number of hydrogen-bond donors (Lipinski definition) is 0. The summed E-state index contributed by atoms with van der Waals surface area (Å²) in [5, 5.41) is 0.788. The molecule has 0 spiro atoms. The van der Waals surface area contributed by atoms with Crippen LogP contribution in [0.4, 0.5) is 0 Å². The Morgan fingerprint density at radius 2 is 1.35 bits per heavy atom. The molecule has 20 heavy (non-hydrogen) atoms. The van der Waals surface area contributed by atoms with E-state index < -0.39 is 0 Å². The third-order valence-electron chi connectivity index (χ3n) is 4.05. The van der Waals surface area contributed by atoms with Gasteiger partial charge in [-0.25, -0.2) is 0 Å². The first kappa shape index (κ1) is 13.7. The van der Waals surface area contributed by atoms with Crippen molar-refractivity contribution < 1.29 is 0 Å². The van der Waals surface area contributed by atoms with Gasteiger partial charge in [-0.1, -0.05) is 48.0 Å². The monoisotopic (exact) mass is 285 g/mol. The third kappa shape index (κ3) is 3.41. The zero-order chi connectivity index (χ0) is 13.8. The van der Waals surface area contributed by atoms with Crippen molar-refractivity contribution in [1.82, 2.24) is 4.90 Å². The molecule has 2 aromatic rings. The van der Waals surface area contributed by atoms with Crippen LogP contribution in [0.2, 0.25) is 5.02 Å². The highest BCUT2D eigenvalue weighted by atomic mass is 35.5. The minimum Gasteiger partial charge on any atom is -0.303 e. The Kier molecular flexibility index (Phi) is 4.39. The number of rotatable bonds is 4. The molecule has 1 saturated heterocycles. The molecule has 0 saturated carbocycles. The lowest BCUT2D eigenvalue weighted by atomic mass is 10.0. The molecule has 0 N–H and O–H groups in total. The Balaban J connectivity index is 1.63. The van der Waals surface area contributed by atoms with Gasteiger partial charge in [0, 0.05) is 11.6 Å². The third-order valence-corrected chi connectivity index (χ3v) is 4.30. The summed E-state index contributed by atoms with van der Waals surface area (Å²) in [6.07, 6.45) is 3.89.